The van der Waals surface area contributed by atoms with Crippen LogP contribution in [-0.2, 0) is 0 Å². The van der Waals surface area contributed by atoms with E-state index in [9.17, 15) is 5.26 Å². The van der Waals surface area contributed by atoms with Crippen molar-refractivity contribution in [2.45, 2.75) is 0 Å². The molecule has 4 rings (SSSR count). The highest BCUT2D eigenvalue weighted by Gasteiger charge is 2.18. The largest absolute Gasteiger partial charge is 0.345 e. The molecule has 2 aromatic heterocycles. The summed E-state index contributed by atoms with van der Waals surface area (Å²) in [5.74, 6) is 0. The molecule has 4 aromatic rings. The Morgan fingerprint density at radius 2 is 1.88 bits per heavy atom. The van der Waals surface area contributed by atoms with E-state index in [1.165, 1.54) is 0 Å². The smallest absolute Gasteiger partial charge is 0.139 e. The van der Waals surface area contributed by atoms with Gasteiger partial charge in [-0.25, -0.2) is 9.97 Å². The van der Waals surface area contributed by atoms with Crippen molar-refractivity contribution in [2.75, 3.05) is 0 Å². The quantitative estimate of drug-likeness (QED) is 0.536. The van der Waals surface area contributed by atoms with Gasteiger partial charge in [-0.2, -0.15) is 5.26 Å². The van der Waals surface area contributed by atoms with Crippen molar-refractivity contribution in [2.24, 2.45) is 0 Å². The number of nitrogens with one attached hydrogen (secondary N) is 1. The molecular formula is C19H11ClN4. The molecule has 0 unspecified atom stereocenters. The number of H-pyrrole nitrogens is 1. The van der Waals surface area contributed by atoms with Gasteiger partial charge in [0.05, 0.1) is 35.4 Å². The lowest BCUT2D eigenvalue weighted by Crippen LogP contribution is -1.93. The first kappa shape index (κ1) is 14.4. The summed E-state index contributed by atoms with van der Waals surface area (Å²) in [4.78, 5) is 11.7. The van der Waals surface area contributed by atoms with E-state index in [1.807, 2.05) is 42.5 Å². The lowest BCUT2D eigenvalue weighted by molar-refractivity contribution is 1.31. The van der Waals surface area contributed by atoms with Gasteiger partial charge >= 0.3 is 0 Å². The molecule has 1 N–H and O–H groups in total. The van der Waals surface area contributed by atoms with Crippen LogP contribution in [0.2, 0.25) is 5.15 Å². The third-order valence-corrected chi connectivity index (χ3v) is 4.17. The molecule has 0 aliphatic carbocycles. The molecule has 0 fully saturated rings. The van der Waals surface area contributed by atoms with Crippen LogP contribution >= 0.6 is 11.6 Å². The van der Waals surface area contributed by atoms with E-state index in [-0.39, 0.29) is 0 Å². The number of benzene rings is 2. The van der Waals surface area contributed by atoms with Crippen molar-refractivity contribution in [3.05, 3.63) is 71.8 Å². The van der Waals surface area contributed by atoms with Crippen LogP contribution in [0.1, 0.15) is 5.56 Å². The molecule has 4 nitrogen and oxygen atoms in total. The highest BCUT2D eigenvalue weighted by atomic mass is 35.5. The minimum atomic E-state index is 0.398. The highest BCUT2D eigenvalue weighted by molar-refractivity contribution is 6.34. The SMILES string of the molecule is N#Cc1ccc2nc(Cl)c(-c3cnc[nH]3)c(-c3ccccc3)c2c1. The molecule has 0 radical (unpaired) electrons. The minimum absolute atomic E-state index is 0.398. The summed E-state index contributed by atoms with van der Waals surface area (Å²) < 4.78 is 0. The number of halogens is 1. The van der Waals surface area contributed by atoms with Gasteiger partial charge in [-0.3, -0.25) is 0 Å². The van der Waals surface area contributed by atoms with Crippen LogP contribution in [0.3, 0.4) is 0 Å². The van der Waals surface area contributed by atoms with E-state index in [4.69, 9.17) is 11.6 Å². The first-order valence-corrected chi connectivity index (χ1v) is 7.73. The number of nitrogens with zero attached hydrogens (tertiary/aromatic N) is 3. The molecule has 0 aliphatic heterocycles. The van der Waals surface area contributed by atoms with Gasteiger partial charge in [0.25, 0.3) is 0 Å². The molecule has 0 bridgehead atoms. The van der Waals surface area contributed by atoms with Crippen molar-refractivity contribution in [1.82, 2.24) is 15.0 Å². The van der Waals surface area contributed by atoms with Gasteiger partial charge < -0.3 is 4.98 Å². The van der Waals surface area contributed by atoms with Crippen LogP contribution in [0, 0.1) is 11.3 Å². The maximum absolute atomic E-state index is 9.25. The second-order valence-electron chi connectivity index (χ2n) is 5.33. The Balaban J connectivity index is 2.18. The maximum atomic E-state index is 9.25. The minimum Gasteiger partial charge on any atom is -0.345 e. The van der Waals surface area contributed by atoms with Crippen LogP contribution in [0.5, 0.6) is 0 Å². The molecule has 0 spiro atoms. The number of aromatic nitrogens is 3. The highest BCUT2D eigenvalue weighted by Crippen LogP contribution is 2.40. The Hall–Kier alpha value is -3.16. The van der Waals surface area contributed by atoms with Gasteiger partial charge in [-0.1, -0.05) is 41.9 Å². The zero-order valence-corrected chi connectivity index (χ0v) is 13.2. The average molecular weight is 331 g/mol. The third kappa shape index (κ3) is 2.32. The fraction of sp³-hybridized carbons (Fsp3) is 0. The van der Waals surface area contributed by atoms with Crippen molar-refractivity contribution in [3.63, 3.8) is 0 Å². The molecule has 0 saturated carbocycles. The maximum Gasteiger partial charge on any atom is 0.139 e. The second kappa shape index (κ2) is 5.80. The zero-order valence-electron chi connectivity index (χ0n) is 12.5. The van der Waals surface area contributed by atoms with E-state index < -0.39 is 0 Å². The topological polar surface area (TPSA) is 65.4 Å². The van der Waals surface area contributed by atoms with E-state index >= 15 is 0 Å². The summed E-state index contributed by atoms with van der Waals surface area (Å²) in [6.07, 6.45) is 3.33. The predicted molar refractivity (Wildman–Crippen MR) is 94.5 cm³/mol. The van der Waals surface area contributed by atoms with E-state index in [2.05, 4.69) is 21.0 Å². The number of hydrogen-bond donors (Lipinski definition) is 1. The Morgan fingerprint density at radius 3 is 2.58 bits per heavy atom. The number of hydrogen-bond acceptors (Lipinski definition) is 3. The molecule has 0 atom stereocenters. The summed E-state index contributed by atoms with van der Waals surface area (Å²) in [6, 6.07) is 17.5. The van der Waals surface area contributed by atoms with E-state index in [1.54, 1.807) is 18.6 Å². The fourth-order valence-electron chi connectivity index (χ4n) is 2.85. The molecule has 0 amide bonds. The van der Waals surface area contributed by atoms with Crippen molar-refractivity contribution in [1.29, 1.82) is 5.26 Å². The van der Waals surface area contributed by atoms with Crippen molar-refractivity contribution < 1.29 is 0 Å². The van der Waals surface area contributed by atoms with Gasteiger partial charge in [-0.05, 0) is 23.8 Å². The number of pyridine rings is 1. The number of aromatic amines is 1. The third-order valence-electron chi connectivity index (χ3n) is 3.90. The summed E-state index contributed by atoms with van der Waals surface area (Å²) in [6.45, 7) is 0. The van der Waals surface area contributed by atoms with Crippen molar-refractivity contribution in [3.8, 4) is 28.5 Å². The van der Waals surface area contributed by atoms with Crippen molar-refractivity contribution >= 4 is 22.5 Å². The number of nitriles is 1. The first-order valence-electron chi connectivity index (χ1n) is 7.35. The standard InChI is InChI=1S/C19H11ClN4/c20-19-18(16-10-22-11-23-16)17(13-4-2-1-3-5-13)14-8-12(9-21)6-7-15(14)24-19/h1-8,10-11H,(H,22,23). The monoisotopic (exact) mass is 330 g/mol. The summed E-state index contributed by atoms with van der Waals surface area (Å²) in [5, 5.41) is 10.5. The summed E-state index contributed by atoms with van der Waals surface area (Å²) in [7, 11) is 0. The average Bonchev–Trinajstić information content (AvgIpc) is 3.15. The molecule has 2 heterocycles. The number of imidazole rings is 1. The molecule has 114 valence electrons. The number of fused-ring (bicyclic) bond motifs is 1. The molecule has 0 aliphatic rings. The van der Waals surface area contributed by atoms with Crippen LogP contribution in [0.15, 0.2) is 61.1 Å². The van der Waals surface area contributed by atoms with Gasteiger partial charge in [0.1, 0.15) is 5.15 Å². The lowest BCUT2D eigenvalue weighted by Gasteiger charge is -2.14. The first-order chi connectivity index (χ1) is 11.8. The number of rotatable bonds is 2. The zero-order chi connectivity index (χ0) is 16.5. The van der Waals surface area contributed by atoms with Gasteiger partial charge in [-0.15, -0.1) is 0 Å². The lowest BCUT2D eigenvalue weighted by atomic mass is 9.94. The predicted octanol–water partition coefficient (Wildman–Crippen LogP) is 4.82. The van der Waals surface area contributed by atoms with Gasteiger partial charge in [0.15, 0.2) is 0 Å². The van der Waals surface area contributed by atoms with Gasteiger partial charge in [0.2, 0.25) is 0 Å². The van der Waals surface area contributed by atoms with E-state index in [0.29, 0.717) is 10.7 Å². The van der Waals surface area contributed by atoms with Crippen LogP contribution in [0.25, 0.3) is 33.3 Å². The molecule has 0 saturated heterocycles. The van der Waals surface area contributed by atoms with Crippen LogP contribution < -0.4 is 0 Å². The van der Waals surface area contributed by atoms with E-state index in [0.717, 1.165) is 33.3 Å². The Labute approximate surface area is 143 Å². The summed E-state index contributed by atoms with van der Waals surface area (Å²) >= 11 is 6.50. The Kier molecular flexibility index (Phi) is 3.49. The molecule has 2 aromatic carbocycles. The molecule has 24 heavy (non-hydrogen) atoms. The fourth-order valence-corrected chi connectivity index (χ4v) is 3.13. The Morgan fingerprint density at radius 1 is 1.04 bits per heavy atom. The second-order valence-corrected chi connectivity index (χ2v) is 5.69. The van der Waals surface area contributed by atoms with Gasteiger partial charge in [0, 0.05) is 16.5 Å². The summed E-state index contributed by atoms with van der Waals surface area (Å²) in [5.41, 5.74) is 4.84. The van der Waals surface area contributed by atoms with Crippen LogP contribution in [-0.4, -0.2) is 15.0 Å². The Bertz CT molecular complexity index is 1060. The molecular weight excluding hydrogens is 320 g/mol. The van der Waals surface area contributed by atoms with Crippen LogP contribution in [0.4, 0.5) is 0 Å². The molecule has 5 heteroatoms. The normalized spacial score (nSPS) is 10.7.